The van der Waals surface area contributed by atoms with Crippen LogP contribution in [0.25, 0.3) is 0 Å². The van der Waals surface area contributed by atoms with Crippen LogP contribution in [0.4, 0.5) is 4.79 Å². The topological polar surface area (TPSA) is 78.9 Å². The molecule has 0 radical (unpaired) electrons. The van der Waals surface area contributed by atoms with Gasteiger partial charge in [-0.3, -0.25) is 9.69 Å². The molecule has 1 saturated heterocycles. The van der Waals surface area contributed by atoms with Crippen molar-refractivity contribution in [3.63, 3.8) is 0 Å². The first-order valence-corrected chi connectivity index (χ1v) is 7.45. The molecule has 2 unspecified atom stereocenters. The molecule has 22 heavy (non-hydrogen) atoms. The van der Waals surface area contributed by atoms with Gasteiger partial charge in [-0.25, -0.2) is 4.79 Å². The highest BCUT2D eigenvalue weighted by Crippen LogP contribution is 2.21. The summed E-state index contributed by atoms with van der Waals surface area (Å²) < 4.78 is 4.52. The summed E-state index contributed by atoms with van der Waals surface area (Å²) in [7, 11) is 1.38. The van der Waals surface area contributed by atoms with E-state index in [4.69, 9.17) is 16.7 Å². The van der Waals surface area contributed by atoms with Crippen molar-refractivity contribution in [3.05, 3.63) is 35.4 Å². The lowest BCUT2D eigenvalue weighted by Crippen LogP contribution is -2.31. The van der Waals surface area contributed by atoms with Gasteiger partial charge in [0.1, 0.15) is 6.04 Å². The number of alkyl halides is 1. The Morgan fingerprint density at radius 3 is 2.32 bits per heavy atom. The highest BCUT2D eigenvalue weighted by molar-refractivity contribution is 6.21. The Morgan fingerprint density at radius 1 is 1.32 bits per heavy atom. The average molecular weight is 327 g/mol. The van der Waals surface area contributed by atoms with Crippen LogP contribution in [0.2, 0.25) is 0 Å². The molecule has 6 nitrogen and oxygen atoms in total. The third kappa shape index (κ3) is 4.11. The fourth-order valence-corrected chi connectivity index (χ4v) is 2.75. The number of hydrogen-bond donors (Lipinski definition) is 2. The molecule has 0 aliphatic carbocycles. The molecule has 120 valence electrons. The number of hydrogen-bond acceptors (Lipinski definition) is 4. The smallest absolute Gasteiger partial charge is 0.407 e. The van der Waals surface area contributed by atoms with Crippen molar-refractivity contribution in [2.24, 2.45) is 0 Å². The monoisotopic (exact) mass is 326 g/mol. The fraction of sp³-hybridized carbons (Fsp3) is 0.467. The Bertz CT molecular complexity index is 527. The Morgan fingerprint density at radius 2 is 1.91 bits per heavy atom. The Balaban J connectivity index is 0.000000164. The molecule has 1 aromatic carbocycles. The maximum absolute atomic E-state index is 10.8. The fourth-order valence-electron chi connectivity index (χ4n) is 2.48. The van der Waals surface area contributed by atoms with E-state index in [9.17, 15) is 9.59 Å². The normalized spacial score (nSPS) is 22.5. The van der Waals surface area contributed by atoms with Gasteiger partial charge in [-0.15, -0.1) is 11.6 Å². The molecule has 2 aliphatic heterocycles. The summed E-state index contributed by atoms with van der Waals surface area (Å²) >= 11 is 5.74. The van der Waals surface area contributed by atoms with Gasteiger partial charge in [-0.2, -0.15) is 0 Å². The lowest BCUT2D eigenvalue weighted by atomic mass is 10.1. The number of carbonyl (C=O) groups is 2. The average Bonchev–Trinajstić information content (AvgIpc) is 3.13. The lowest BCUT2D eigenvalue weighted by molar-refractivity contribution is -0.142. The molecule has 2 N–H and O–H groups in total. The van der Waals surface area contributed by atoms with Gasteiger partial charge in [-0.05, 0) is 17.5 Å². The van der Waals surface area contributed by atoms with Gasteiger partial charge in [0.25, 0.3) is 0 Å². The minimum Gasteiger partial charge on any atom is -0.468 e. The van der Waals surface area contributed by atoms with Crippen molar-refractivity contribution in [2.45, 2.75) is 30.9 Å². The van der Waals surface area contributed by atoms with Crippen LogP contribution in [-0.4, -0.2) is 47.1 Å². The van der Waals surface area contributed by atoms with Crippen molar-refractivity contribution < 1.29 is 19.4 Å². The Kier molecular flexibility index (Phi) is 5.63. The Hall–Kier alpha value is -1.79. The van der Waals surface area contributed by atoms with E-state index in [1.54, 1.807) is 0 Å². The maximum Gasteiger partial charge on any atom is 0.407 e. The zero-order valence-electron chi connectivity index (χ0n) is 12.3. The molecule has 2 atom stereocenters. The number of ether oxygens (including phenoxy) is 1. The number of nitrogens with one attached hydrogen (secondary N) is 1. The molecule has 0 bridgehead atoms. The quantitative estimate of drug-likeness (QED) is 0.608. The third-order valence-corrected chi connectivity index (χ3v) is 4.01. The minimum absolute atomic E-state index is 0.0732. The maximum atomic E-state index is 10.8. The summed E-state index contributed by atoms with van der Waals surface area (Å²) in [4.78, 5) is 22.8. The third-order valence-electron chi connectivity index (χ3n) is 3.67. The van der Waals surface area contributed by atoms with E-state index in [0.29, 0.717) is 26.1 Å². The summed E-state index contributed by atoms with van der Waals surface area (Å²) in [6.07, 6.45) is -0.167. The minimum atomic E-state index is -0.841. The zero-order chi connectivity index (χ0) is 16.1. The van der Waals surface area contributed by atoms with Crippen LogP contribution in [0, 0.1) is 0 Å². The van der Waals surface area contributed by atoms with Crippen molar-refractivity contribution >= 4 is 23.7 Å². The number of nitrogens with zero attached hydrogens (tertiary/aromatic N) is 1. The van der Waals surface area contributed by atoms with Crippen molar-refractivity contribution in [1.29, 1.82) is 0 Å². The number of rotatable bonds is 1. The first kappa shape index (κ1) is 16.6. The molecule has 0 saturated carbocycles. The van der Waals surface area contributed by atoms with Gasteiger partial charge < -0.3 is 15.2 Å². The van der Waals surface area contributed by atoms with Crippen LogP contribution in [0.5, 0.6) is 0 Å². The molecule has 7 heteroatoms. The van der Waals surface area contributed by atoms with E-state index in [1.807, 2.05) is 24.3 Å². The highest BCUT2D eigenvalue weighted by atomic mass is 35.5. The van der Waals surface area contributed by atoms with E-state index in [2.05, 4.69) is 10.1 Å². The van der Waals surface area contributed by atoms with Crippen LogP contribution < -0.4 is 5.32 Å². The molecule has 2 aliphatic rings. The van der Waals surface area contributed by atoms with Gasteiger partial charge in [0.15, 0.2) is 0 Å². The molecule has 2 heterocycles. The van der Waals surface area contributed by atoms with Gasteiger partial charge in [0, 0.05) is 25.0 Å². The molecular weight excluding hydrogens is 308 g/mol. The van der Waals surface area contributed by atoms with Crippen molar-refractivity contribution in [1.82, 2.24) is 10.2 Å². The van der Waals surface area contributed by atoms with E-state index in [0.717, 1.165) is 11.1 Å². The predicted octanol–water partition coefficient (Wildman–Crippen LogP) is 1.81. The van der Waals surface area contributed by atoms with Crippen LogP contribution in [0.3, 0.4) is 0 Å². The number of benzene rings is 1. The van der Waals surface area contributed by atoms with Gasteiger partial charge in [0.2, 0.25) is 0 Å². The van der Waals surface area contributed by atoms with Gasteiger partial charge in [0.05, 0.1) is 7.11 Å². The summed E-state index contributed by atoms with van der Waals surface area (Å²) in [6.45, 7) is 1.76. The number of carbonyl (C=O) groups excluding carboxylic acids is 1. The summed E-state index contributed by atoms with van der Waals surface area (Å²) in [6, 6.07) is 7.62. The number of esters is 1. The summed E-state index contributed by atoms with van der Waals surface area (Å²) in [5, 5.41) is 11.7. The molecule has 0 aromatic heterocycles. The second kappa shape index (κ2) is 7.47. The predicted molar refractivity (Wildman–Crippen MR) is 81.8 cm³/mol. The molecule has 1 amide bonds. The molecule has 3 rings (SSSR count). The van der Waals surface area contributed by atoms with Gasteiger partial charge in [-0.1, -0.05) is 24.3 Å². The Labute approximate surface area is 134 Å². The standard InChI is InChI=1S/C9H9NO2.C6H10ClNO2/c11-9(12)10-5-7-3-1-2-4-8(7)6-10;1-10-6(9)5-2-4(7)3-8-5/h1-4H,5-6H2,(H,11,12);4-5,8H,2-3H2,1H3. The number of carboxylic acid groups (broad SMARTS) is 1. The first-order chi connectivity index (χ1) is 10.5. The van der Waals surface area contributed by atoms with Crippen LogP contribution >= 0.6 is 11.6 Å². The number of amides is 1. The second-order valence-electron chi connectivity index (χ2n) is 5.22. The molecular formula is C15H19ClN2O4. The number of methoxy groups -OCH3 is 1. The van der Waals surface area contributed by atoms with E-state index >= 15 is 0 Å². The second-order valence-corrected chi connectivity index (χ2v) is 5.84. The SMILES string of the molecule is COC(=O)C1CC(Cl)CN1.O=C(O)N1Cc2ccccc2C1. The van der Waals surface area contributed by atoms with Crippen molar-refractivity contribution in [3.8, 4) is 0 Å². The highest BCUT2D eigenvalue weighted by Gasteiger charge is 2.28. The van der Waals surface area contributed by atoms with Crippen LogP contribution in [0.15, 0.2) is 24.3 Å². The zero-order valence-corrected chi connectivity index (χ0v) is 13.0. The molecule has 1 aromatic rings. The first-order valence-electron chi connectivity index (χ1n) is 7.01. The van der Waals surface area contributed by atoms with E-state index < -0.39 is 6.09 Å². The van der Waals surface area contributed by atoms with E-state index in [1.165, 1.54) is 12.0 Å². The largest absolute Gasteiger partial charge is 0.468 e. The van der Waals surface area contributed by atoms with E-state index in [-0.39, 0.29) is 17.4 Å². The van der Waals surface area contributed by atoms with Crippen LogP contribution in [-0.2, 0) is 22.6 Å². The lowest BCUT2D eigenvalue weighted by Gasteiger charge is -2.08. The summed E-state index contributed by atoms with van der Waals surface area (Å²) in [5.41, 5.74) is 2.25. The number of halogens is 1. The molecule has 1 fully saturated rings. The number of fused-ring (bicyclic) bond motifs is 1. The summed E-state index contributed by atoms with van der Waals surface area (Å²) in [5.74, 6) is -0.219. The van der Waals surface area contributed by atoms with Crippen LogP contribution in [0.1, 0.15) is 17.5 Å². The molecule has 0 spiro atoms. The van der Waals surface area contributed by atoms with Crippen molar-refractivity contribution in [2.75, 3.05) is 13.7 Å². The van der Waals surface area contributed by atoms with Gasteiger partial charge >= 0.3 is 12.1 Å².